The molecule has 17 heavy (non-hydrogen) atoms. The highest BCUT2D eigenvalue weighted by atomic mass is 16.2. The summed E-state index contributed by atoms with van der Waals surface area (Å²) in [4.78, 5) is 23.3. The Morgan fingerprint density at radius 3 is 3.12 bits per heavy atom. The van der Waals surface area contributed by atoms with Crippen LogP contribution in [0.1, 0.15) is 0 Å². The van der Waals surface area contributed by atoms with Crippen molar-refractivity contribution in [2.24, 2.45) is 0 Å². The second kappa shape index (κ2) is 4.53. The highest BCUT2D eigenvalue weighted by Crippen LogP contribution is 1.94. The first-order valence-electron chi connectivity index (χ1n) is 4.95. The van der Waals surface area contributed by atoms with Gasteiger partial charge in [0, 0.05) is 12.4 Å². The first-order chi connectivity index (χ1) is 8.22. The summed E-state index contributed by atoms with van der Waals surface area (Å²) >= 11 is 0. The van der Waals surface area contributed by atoms with Gasteiger partial charge in [-0.1, -0.05) is 5.92 Å². The summed E-state index contributed by atoms with van der Waals surface area (Å²) in [5.74, 6) is 1.99. The molecule has 0 saturated carbocycles. The number of rotatable bonds is 3. The summed E-state index contributed by atoms with van der Waals surface area (Å²) in [6.07, 6.45) is 9.67. The van der Waals surface area contributed by atoms with Gasteiger partial charge >= 0.3 is 0 Å². The van der Waals surface area contributed by atoms with E-state index in [1.807, 2.05) is 0 Å². The lowest BCUT2D eigenvalue weighted by Gasteiger charge is -2.05. The second-order valence-electron chi connectivity index (χ2n) is 3.37. The zero-order valence-corrected chi connectivity index (χ0v) is 8.96. The van der Waals surface area contributed by atoms with Gasteiger partial charge in [-0.25, -0.2) is 4.52 Å². The number of terminal acetylenes is 1. The van der Waals surface area contributed by atoms with E-state index in [1.54, 1.807) is 12.3 Å². The molecule has 0 aliphatic rings. The Kier molecular flexibility index (Phi) is 2.92. The second-order valence-corrected chi connectivity index (χ2v) is 3.37. The van der Waals surface area contributed by atoms with Crippen LogP contribution in [0.4, 0.5) is 0 Å². The van der Waals surface area contributed by atoms with Gasteiger partial charge in [0.05, 0.1) is 12.7 Å². The fourth-order valence-electron chi connectivity index (χ4n) is 1.45. The number of hydrogen-bond donors (Lipinski definition) is 1. The highest BCUT2D eigenvalue weighted by Gasteiger charge is 2.06. The van der Waals surface area contributed by atoms with Gasteiger partial charge in [0.2, 0.25) is 5.91 Å². The van der Waals surface area contributed by atoms with Crippen LogP contribution in [0.25, 0.3) is 5.52 Å². The quantitative estimate of drug-likeness (QED) is 0.705. The first kappa shape index (κ1) is 11.0. The van der Waals surface area contributed by atoms with Crippen molar-refractivity contribution in [3.05, 3.63) is 35.0 Å². The average Bonchev–Trinajstić information content (AvgIpc) is 2.79. The molecule has 0 radical (unpaired) electrons. The van der Waals surface area contributed by atoms with Crippen LogP contribution in [0.2, 0.25) is 0 Å². The van der Waals surface area contributed by atoms with Crippen molar-refractivity contribution in [2.75, 3.05) is 6.54 Å². The van der Waals surface area contributed by atoms with Crippen LogP contribution < -0.4 is 10.9 Å². The lowest BCUT2D eigenvalue weighted by molar-refractivity contribution is -0.121. The fraction of sp³-hybridized carbons (Fsp3) is 0.182. The Balaban J connectivity index is 2.25. The van der Waals surface area contributed by atoms with E-state index in [-0.39, 0.29) is 24.6 Å². The third-order valence-electron chi connectivity index (χ3n) is 2.24. The van der Waals surface area contributed by atoms with Crippen molar-refractivity contribution in [3.8, 4) is 12.3 Å². The molecule has 0 aromatic carbocycles. The summed E-state index contributed by atoms with van der Waals surface area (Å²) in [7, 11) is 0. The third-order valence-corrected chi connectivity index (χ3v) is 2.24. The van der Waals surface area contributed by atoms with Crippen LogP contribution in [-0.4, -0.2) is 26.6 Å². The lowest BCUT2D eigenvalue weighted by Crippen LogP contribution is -2.32. The number of nitrogens with zero attached hydrogens (tertiary/aromatic N) is 3. The fourth-order valence-corrected chi connectivity index (χ4v) is 1.45. The molecule has 0 atom stereocenters. The SMILES string of the molecule is C#CCNC(=O)Cn1ccn2nccc2c1=O. The largest absolute Gasteiger partial charge is 0.344 e. The molecule has 0 bridgehead atoms. The van der Waals surface area contributed by atoms with Crippen molar-refractivity contribution >= 4 is 11.4 Å². The summed E-state index contributed by atoms with van der Waals surface area (Å²) in [5, 5.41) is 6.42. The number of carbonyl (C=O) groups excluding carboxylic acids is 1. The topological polar surface area (TPSA) is 68.4 Å². The summed E-state index contributed by atoms with van der Waals surface area (Å²) in [6, 6.07) is 1.60. The Labute approximate surface area is 96.9 Å². The van der Waals surface area contributed by atoms with E-state index in [0.717, 1.165) is 0 Å². The number of aromatic nitrogens is 3. The number of carbonyl (C=O) groups is 1. The lowest BCUT2D eigenvalue weighted by atomic mass is 10.4. The molecule has 0 spiro atoms. The van der Waals surface area contributed by atoms with Crippen LogP contribution in [0, 0.1) is 12.3 Å². The molecule has 0 aliphatic carbocycles. The monoisotopic (exact) mass is 230 g/mol. The van der Waals surface area contributed by atoms with Crippen molar-refractivity contribution in [1.82, 2.24) is 19.5 Å². The Bertz CT molecular complexity index is 647. The molecule has 0 fully saturated rings. The van der Waals surface area contributed by atoms with Gasteiger partial charge in [0.1, 0.15) is 12.1 Å². The highest BCUT2D eigenvalue weighted by molar-refractivity contribution is 5.76. The molecular weight excluding hydrogens is 220 g/mol. The van der Waals surface area contributed by atoms with Crippen LogP contribution in [-0.2, 0) is 11.3 Å². The zero-order valence-electron chi connectivity index (χ0n) is 8.96. The number of amides is 1. The summed E-state index contributed by atoms with van der Waals surface area (Å²) < 4.78 is 2.76. The number of nitrogens with one attached hydrogen (secondary N) is 1. The van der Waals surface area contributed by atoms with Gasteiger partial charge in [-0.2, -0.15) is 5.10 Å². The molecule has 0 unspecified atom stereocenters. The number of fused-ring (bicyclic) bond motifs is 1. The molecule has 2 rings (SSSR count). The average molecular weight is 230 g/mol. The molecule has 2 heterocycles. The van der Waals surface area contributed by atoms with Crippen LogP contribution >= 0.6 is 0 Å². The maximum Gasteiger partial charge on any atom is 0.277 e. The Morgan fingerprint density at radius 1 is 1.53 bits per heavy atom. The Hall–Kier alpha value is -2.55. The normalized spacial score (nSPS) is 10.1. The van der Waals surface area contributed by atoms with E-state index in [0.29, 0.717) is 5.52 Å². The molecule has 6 heteroatoms. The maximum absolute atomic E-state index is 11.9. The Morgan fingerprint density at radius 2 is 2.35 bits per heavy atom. The van der Waals surface area contributed by atoms with Gasteiger partial charge < -0.3 is 9.88 Å². The minimum atomic E-state index is -0.297. The van der Waals surface area contributed by atoms with Crippen molar-refractivity contribution < 1.29 is 4.79 Å². The van der Waals surface area contributed by atoms with Gasteiger partial charge in [-0.05, 0) is 6.07 Å². The van der Waals surface area contributed by atoms with Crippen molar-refractivity contribution in [1.29, 1.82) is 0 Å². The van der Waals surface area contributed by atoms with E-state index in [4.69, 9.17) is 6.42 Å². The van der Waals surface area contributed by atoms with E-state index in [1.165, 1.54) is 21.5 Å². The molecule has 1 amide bonds. The molecule has 2 aromatic heterocycles. The van der Waals surface area contributed by atoms with Gasteiger partial charge in [-0.3, -0.25) is 9.59 Å². The summed E-state index contributed by atoms with van der Waals surface area (Å²) in [5.41, 5.74) is 0.165. The zero-order chi connectivity index (χ0) is 12.3. The first-order valence-corrected chi connectivity index (χ1v) is 4.95. The predicted molar refractivity (Wildman–Crippen MR) is 61.3 cm³/mol. The molecule has 0 aliphatic heterocycles. The smallest absolute Gasteiger partial charge is 0.277 e. The van der Waals surface area contributed by atoms with E-state index in [2.05, 4.69) is 16.3 Å². The van der Waals surface area contributed by atoms with Gasteiger partial charge in [0.25, 0.3) is 5.56 Å². The standard InChI is InChI=1S/C11H10N4O2/c1-2-4-12-10(16)8-14-6-7-15-9(11(14)17)3-5-13-15/h1,3,5-7H,4,8H2,(H,12,16). The molecular formula is C11H10N4O2. The van der Waals surface area contributed by atoms with E-state index in [9.17, 15) is 9.59 Å². The van der Waals surface area contributed by atoms with Crippen molar-refractivity contribution in [2.45, 2.75) is 6.54 Å². The van der Waals surface area contributed by atoms with E-state index < -0.39 is 0 Å². The minimum absolute atomic E-state index is 0.0534. The van der Waals surface area contributed by atoms with E-state index >= 15 is 0 Å². The minimum Gasteiger partial charge on any atom is -0.344 e. The van der Waals surface area contributed by atoms with Crippen LogP contribution in [0.15, 0.2) is 29.5 Å². The summed E-state index contributed by atoms with van der Waals surface area (Å²) in [6.45, 7) is 0.102. The molecule has 86 valence electrons. The molecule has 2 aromatic rings. The third kappa shape index (κ3) is 2.18. The molecule has 6 nitrogen and oxygen atoms in total. The van der Waals surface area contributed by atoms with Gasteiger partial charge in [-0.15, -0.1) is 6.42 Å². The van der Waals surface area contributed by atoms with Crippen LogP contribution in [0.3, 0.4) is 0 Å². The number of hydrogen-bond acceptors (Lipinski definition) is 3. The van der Waals surface area contributed by atoms with Crippen LogP contribution in [0.5, 0.6) is 0 Å². The van der Waals surface area contributed by atoms with Gasteiger partial charge in [0.15, 0.2) is 0 Å². The maximum atomic E-state index is 11.9. The van der Waals surface area contributed by atoms with Crippen molar-refractivity contribution in [3.63, 3.8) is 0 Å². The predicted octanol–water partition coefficient (Wildman–Crippen LogP) is -0.755. The molecule has 0 saturated heterocycles. The molecule has 1 N–H and O–H groups in total.